The maximum atomic E-state index is 12.9. The summed E-state index contributed by atoms with van der Waals surface area (Å²) in [7, 11) is 0. The predicted octanol–water partition coefficient (Wildman–Crippen LogP) is 6.71. The van der Waals surface area contributed by atoms with Crippen LogP contribution in [0.2, 0.25) is 5.02 Å². The number of halogens is 2. The van der Waals surface area contributed by atoms with E-state index in [0.29, 0.717) is 27.6 Å². The highest BCUT2D eigenvalue weighted by atomic mass is 79.9. The molecule has 8 nitrogen and oxygen atoms in total. The highest BCUT2D eigenvalue weighted by molar-refractivity contribution is 9.10. The molecular weight excluding hydrogens is 572 g/mol. The fraction of sp³-hybridized carbons (Fsp3) is 0.120. The van der Waals surface area contributed by atoms with Crippen LogP contribution in [0.4, 0.5) is 10.5 Å². The van der Waals surface area contributed by atoms with E-state index in [1.165, 1.54) is 12.1 Å². The van der Waals surface area contributed by atoms with Gasteiger partial charge in [0.25, 0.3) is 16.8 Å². The Morgan fingerprint density at radius 1 is 1.06 bits per heavy atom. The third-order valence-corrected chi connectivity index (χ3v) is 6.70. The lowest BCUT2D eigenvalue weighted by molar-refractivity contribution is -0.384. The topological polar surface area (TPSA) is 99.0 Å². The summed E-state index contributed by atoms with van der Waals surface area (Å²) in [5.41, 5.74) is 1.18. The quantitative estimate of drug-likeness (QED) is 0.155. The molecule has 0 saturated carbocycles. The van der Waals surface area contributed by atoms with Gasteiger partial charge in [0, 0.05) is 27.2 Å². The summed E-state index contributed by atoms with van der Waals surface area (Å²) in [6.07, 6.45) is 1.60. The Bertz CT molecular complexity index is 1350. The molecule has 3 aromatic carbocycles. The van der Waals surface area contributed by atoms with E-state index in [-0.39, 0.29) is 35.6 Å². The minimum atomic E-state index is -0.467. The van der Waals surface area contributed by atoms with E-state index in [1.54, 1.807) is 60.7 Å². The van der Waals surface area contributed by atoms with E-state index in [2.05, 4.69) is 15.9 Å². The molecule has 1 aliphatic rings. The number of nitro groups is 1. The molecule has 184 valence electrons. The summed E-state index contributed by atoms with van der Waals surface area (Å²) in [4.78, 5) is 37.3. The Labute approximate surface area is 224 Å². The van der Waals surface area contributed by atoms with Gasteiger partial charge in [-0.25, -0.2) is 0 Å². The van der Waals surface area contributed by atoms with Crippen LogP contribution in [0.3, 0.4) is 0 Å². The molecule has 0 spiro atoms. The Morgan fingerprint density at radius 3 is 2.58 bits per heavy atom. The van der Waals surface area contributed by atoms with Crippen molar-refractivity contribution in [2.45, 2.75) is 6.61 Å². The zero-order valence-corrected chi connectivity index (χ0v) is 21.7. The molecule has 0 bridgehead atoms. The van der Waals surface area contributed by atoms with Gasteiger partial charge in [-0.3, -0.25) is 24.6 Å². The van der Waals surface area contributed by atoms with Crippen LogP contribution in [0.25, 0.3) is 6.08 Å². The van der Waals surface area contributed by atoms with Crippen LogP contribution < -0.4 is 9.47 Å². The maximum Gasteiger partial charge on any atom is 0.293 e. The number of carbonyl (C=O) groups excluding carboxylic acids is 2. The van der Waals surface area contributed by atoms with Gasteiger partial charge in [0.2, 0.25) is 0 Å². The summed E-state index contributed by atoms with van der Waals surface area (Å²) in [6.45, 7) is 0.328. The maximum absolute atomic E-state index is 12.9. The van der Waals surface area contributed by atoms with E-state index in [0.717, 1.165) is 21.1 Å². The van der Waals surface area contributed by atoms with Gasteiger partial charge in [0.1, 0.15) is 24.7 Å². The summed E-state index contributed by atoms with van der Waals surface area (Å²) >= 11 is 10.1. The van der Waals surface area contributed by atoms with Crippen LogP contribution in [-0.4, -0.2) is 34.1 Å². The number of hydrogen-bond donors (Lipinski definition) is 0. The Kier molecular flexibility index (Phi) is 8.29. The van der Waals surface area contributed by atoms with Crippen molar-refractivity contribution in [2.24, 2.45) is 0 Å². The number of benzene rings is 3. The zero-order chi connectivity index (χ0) is 25.7. The monoisotopic (exact) mass is 588 g/mol. The van der Waals surface area contributed by atoms with Gasteiger partial charge in [-0.1, -0.05) is 39.7 Å². The largest absolute Gasteiger partial charge is 0.492 e. The number of nitro benzene ring substituents is 1. The standard InChI is InChI=1S/C25H18BrClN2O6S/c26-18-4-9-22(35-15-16-2-1-3-20(12-16)29(32)33)17(13-18)14-23-24(30)28(25(31)36-23)10-11-34-21-7-5-19(27)6-8-21/h1-9,12-14H,10-11,15H2/b23-14-. The number of carbonyl (C=O) groups is 2. The Morgan fingerprint density at radius 2 is 1.83 bits per heavy atom. The number of hydrogen-bond acceptors (Lipinski definition) is 7. The molecule has 0 atom stereocenters. The van der Waals surface area contributed by atoms with Gasteiger partial charge in [0.05, 0.1) is 16.4 Å². The number of thioether (sulfide) groups is 1. The summed E-state index contributed by atoms with van der Waals surface area (Å²) in [5.74, 6) is 0.624. The zero-order valence-electron chi connectivity index (χ0n) is 18.6. The normalized spacial score (nSPS) is 14.4. The molecule has 3 aromatic rings. The van der Waals surface area contributed by atoms with Crippen molar-refractivity contribution >= 4 is 62.2 Å². The Balaban J connectivity index is 1.45. The van der Waals surface area contributed by atoms with Crippen molar-refractivity contribution in [2.75, 3.05) is 13.2 Å². The first-order chi connectivity index (χ1) is 17.3. The van der Waals surface area contributed by atoms with Crippen LogP contribution >= 0.6 is 39.3 Å². The molecule has 11 heteroatoms. The molecule has 4 rings (SSSR count). The first-order valence-electron chi connectivity index (χ1n) is 10.6. The molecule has 0 aliphatic carbocycles. The predicted molar refractivity (Wildman–Crippen MR) is 141 cm³/mol. The van der Waals surface area contributed by atoms with Crippen LogP contribution in [0.1, 0.15) is 11.1 Å². The van der Waals surface area contributed by atoms with E-state index in [4.69, 9.17) is 21.1 Å². The number of rotatable bonds is 9. The SMILES string of the molecule is O=C1S/C(=C\c2cc(Br)ccc2OCc2cccc([N+](=O)[O-])c2)C(=O)N1CCOc1ccc(Cl)cc1. The molecular formula is C25H18BrClN2O6S. The van der Waals surface area contributed by atoms with Gasteiger partial charge in [-0.05, 0) is 65.9 Å². The van der Waals surface area contributed by atoms with Crippen LogP contribution in [0.5, 0.6) is 11.5 Å². The molecule has 0 unspecified atom stereocenters. The van der Waals surface area contributed by atoms with E-state index >= 15 is 0 Å². The lowest BCUT2D eigenvalue weighted by Crippen LogP contribution is -2.32. The number of ether oxygens (including phenoxy) is 2. The highest BCUT2D eigenvalue weighted by Gasteiger charge is 2.35. The van der Waals surface area contributed by atoms with Crippen LogP contribution in [0.15, 0.2) is 76.1 Å². The van der Waals surface area contributed by atoms with Crippen molar-refractivity contribution < 1.29 is 24.0 Å². The van der Waals surface area contributed by atoms with Crippen molar-refractivity contribution in [1.29, 1.82) is 0 Å². The number of imide groups is 1. The minimum absolute atomic E-state index is 0.0270. The lowest BCUT2D eigenvalue weighted by Gasteiger charge is -2.13. The third kappa shape index (κ3) is 6.45. The van der Waals surface area contributed by atoms with Crippen molar-refractivity contribution in [3.8, 4) is 11.5 Å². The van der Waals surface area contributed by atoms with E-state index in [1.807, 2.05) is 0 Å². The van der Waals surface area contributed by atoms with Gasteiger partial charge in [0.15, 0.2) is 0 Å². The molecule has 1 saturated heterocycles. The molecule has 36 heavy (non-hydrogen) atoms. The minimum Gasteiger partial charge on any atom is -0.492 e. The van der Waals surface area contributed by atoms with Crippen LogP contribution in [-0.2, 0) is 11.4 Å². The third-order valence-electron chi connectivity index (χ3n) is 5.05. The van der Waals surface area contributed by atoms with Gasteiger partial charge >= 0.3 is 0 Å². The van der Waals surface area contributed by atoms with E-state index in [9.17, 15) is 19.7 Å². The number of amides is 2. The Hall–Kier alpha value is -3.34. The second-order valence-corrected chi connectivity index (χ2v) is 9.88. The van der Waals surface area contributed by atoms with Crippen LogP contribution in [0, 0.1) is 10.1 Å². The first-order valence-corrected chi connectivity index (χ1v) is 12.6. The van der Waals surface area contributed by atoms with Crippen molar-refractivity contribution in [1.82, 2.24) is 4.90 Å². The van der Waals surface area contributed by atoms with Crippen molar-refractivity contribution in [3.05, 3.63) is 102 Å². The summed E-state index contributed by atoms with van der Waals surface area (Å²) in [6, 6.07) is 18.2. The summed E-state index contributed by atoms with van der Waals surface area (Å²) in [5, 5.41) is 11.2. The molecule has 1 heterocycles. The second-order valence-electron chi connectivity index (χ2n) is 7.53. The fourth-order valence-corrected chi connectivity index (χ4v) is 4.66. The molecule has 2 amide bonds. The van der Waals surface area contributed by atoms with E-state index < -0.39 is 10.8 Å². The van der Waals surface area contributed by atoms with Gasteiger partial charge < -0.3 is 9.47 Å². The molecule has 1 fully saturated rings. The molecule has 0 aromatic heterocycles. The smallest absolute Gasteiger partial charge is 0.293 e. The first kappa shape index (κ1) is 25.7. The molecule has 0 radical (unpaired) electrons. The van der Waals surface area contributed by atoms with Gasteiger partial charge in [-0.15, -0.1) is 0 Å². The molecule has 0 N–H and O–H groups in total. The van der Waals surface area contributed by atoms with Crippen molar-refractivity contribution in [3.63, 3.8) is 0 Å². The highest BCUT2D eigenvalue weighted by Crippen LogP contribution is 2.35. The average Bonchev–Trinajstić information content (AvgIpc) is 3.12. The lowest BCUT2D eigenvalue weighted by atomic mass is 10.1. The fourth-order valence-electron chi connectivity index (χ4n) is 3.30. The summed E-state index contributed by atoms with van der Waals surface area (Å²) < 4.78 is 12.3. The average molecular weight is 590 g/mol. The number of non-ortho nitro benzene ring substituents is 1. The second kappa shape index (κ2) is 11.6. The van der Waals surface area contributed by atoms with Gasteiger partial charge in [-0.2, -0.15) is 0 Å². The molecule has 1 aliphatic heterocycles. The number of nitrogens with zero attached hydrogens (tertiary/aromatic N) is 2.